The van der Waals surface area contributed by atoms with Gasteiger partial charge in [-0.2, -0.15) is 0 Å². The second-order valence-corrected chi connectivity index (χ2v) is 9.31. The van der Waals surface area contributed by atoms with Gasteiger partial charge in [-0.3, -0.25) is 4.79 Å². The van der Waals surface area contributed by atoms with Crippen molar-refractivity contribution in [2.24, 2.45) is 4.99 Å². The number of hydrogen-bond acceptors (Lipinski definition) is 8. The summed E-state index contributed by atoms with van der Waals surface area (Å²) in [5.74, 6) is 0.682. The van der Waals surface area contributed by atoms with Crippen molar-refractivity contribution in [2.45, 2.75) is 26.3 Å². The standard InChI is InChI=1S/C28H31N3O5S/c1-6-30(3)23(32)15-20-17-37-28-29-25(18-11-9-8-10-12-18)24(27(33)36-7-2)26(31(20)28)19-13-21(34-4)16-22(14-19)35-5/h8-14,16-17,26H,6-7,15H2,1-5H3/t26-/m0/s1. The minimum absolute atomic E-state index is 0.0203. The molecule has 0 N–H and O–H groups in total. The van der Waals surface area contributed by atoms with Gasteiger partial charge in [0.15, 0.2) is 5.17 Å². The van der Waals surface area contributed by atoms with Gasteiger partial charge in [-0.25, -0.2) is 9.79 Å². The van der Waals surface area contributed by atoms with Gasteiger partial charge in [0.05, 0.1) is 44.6 Å². The molecule has 2 aromatic carbocycles. The van der Waals surface area contributed by atoms with E-state index in [1.165, 1.54) is 11.8 Å². The molecule has 194 valence electrons. The van der Waals surface area contributed by atoms with Crippen LogP contribution < -0.4 is 9.47 Å². The van der Waals surface area contributed by atoms with Crippen LogP contribution in [0.4, 0.5) is 0 Å². The zero-order valence-corrected chi connectivity index (χ0v) is 22.5. The lowest BCUT2D eigenvalue weighted by Crippen LogP contribution is -2.38. The number of amidine groups is 1. The number of hydrogen-bond donors (Lipinski definition) is 0. The third kappa shape index (κ3) is 5.36. The van der Waals surface area contributed by atoms with E-state index in [1.807, 2.05) is 59.7 Å². The van der Waals surface area contributed by atoms with Crippen LogP contribution in [0.1, 0.15) is 37.4 Å². The third-order valence-corrected chi connectivity index (χ3v) is 7.16. The summed E-state index contributed by atoms with van der Waals surface area (Å²) >= 11 is 1.43. The molecule has 0 bridgehead atoms. The maximum absolute atomic E-state index is 13.6. The molecule has 0 unspecified atom stereocenters. The number of fused-ring (bicyclic) bond motifs is 1. The highest BCUT2D eigenvalue weighted by Crippen LogP contribution is 2.48. The van der Waals surface area contributed by atoms with Gasteiger partial charge in [-0.1, -0.05) is 42.1 Å². The predicted octanol–water partition coefficient (Wildman–Crippen LogP) is 4.85. The van der Waals surface area contributed by atoms with Crippen molar-refractivity contribution in [3.63, 3.8) is 0 Å². The highest BCUT2D eigenvalue weighted by molar-refractivity contribution is 8.16. The van der Waals surface area contributed by atoms with Crippen LogP contribution in [0.15, 0.2) is 70.2 Å². The molecule has 37 heavy (non-hydrogen) atoms. The number of rotatable bonds is 9. The molecule has 0 radical (unpaired) electrons. The number of benzene rings is 2. The Balaban J connectivity index is 1.94. The fourth-order valence-corrected chi connectivity index (χ4v) is 5.18. The summed E-state index contributed by atoms with van der Waals surface area (Å²) in [7, 11) is 4.94. The molecule has 0 fully saturated rings. The smallest absolute Gasteiger partial charge is 0.338 e. The van der Waals surface area contributed by atoms with E-state index in [0.29, 0.717) is 34.5 Å². The number of thioether (sulfide) groups is 1. The van der Waals surface area contributed by atoms with Gasteiger partial charge in [0.2, 0.25) is 5.91 Å². The van der Waals surface area contributed by atoms with E-state index in [4.69, 9.17) is 19.2 Å². The SMILES string of the molecule is CCOC(=O)C1=C(c2ccccc2)N=C2SC=C(CC(=O)N(C)CC)N2[C@H]1c1cc(OC)cc(OC)c1. The van der Waals surface area contributed by atoms with Crippen molar-refractivity contribution in [2.75, 3.05) is 34.4 Å². The Morgan fingerprint density at radius 1 is 1.05 bits per heavy atom. The first-order valence-corrected chi connectivity index (χ1v) is 13.0. The van der Waals surface area contributed by atoms with Crippen molar-refractivity contribution < 1.29 is 23.8 Å². The summed E-state index contributed by atoms with van der Waals surface area (Å²) in [6, 6.07) is 14.5. The summed E-state index contributed by atoms with van der Waals surface area (Å²) in [5.41, 5.74) is 3.24. The lowest BCUT2D eigenvalue weighted by Gasteiger charge is -2.37. The van der Waals surface area contributed by atoms with Gasteiger partial charge >= 0.3 is 5.97 Å². The van der Waals surface area contributed by atoms with E-state index in [2.05, 4.69) is 0 Å². The average Bonchev–Trinajstić information content (AvgIpc) is 3.33. The molecule has 0 aliphatic carbocycles. The van der Waals surface area contributed by atoms with Crippen LogP contribution in [0.3, 0.4) is 0 Å². The van der Waals surface area contributed by atoms with Crippen LogP contribution in [0, 0.1) is 0 Å². The maximum Gasteiger partial charge on any atom is 0.338 e. The first kappa shape index (κ1) is 26.3. The van der Waals surface area contributed by atoms with E-state index < -0.39 is 12.0 Å². The van der Waals surface area contributed by atoms with Gasteiger partial charge < -0.3 is 24.0 Å². The Labute approximate surface area is 221 Å². The molecule has 2 aliphatic rings. The van der Waals surface area contributed by atoms with E-state index in [-0.39, 0.29) is 18.9 Å². The molecule has 1 amide bonds. The lowest BCUT2D eigenvalue weighted by atomic mass is 9.91. The van der Waals surface area contributed by atoms with Crippen LogP contribution in [0.2, 0.25) is 0 Å². The number of carbonyl (C=O) groups is 2. The van der Waals surface area contributed by atoms with E-state index in [0.717, 1.165) is 16.8 Å². The summed E-state index contributed by atoms with van der Waals surface area (Å²) in [4.78, 5) is 35.1. The number of amides is 1. The van der Waals surface area contributed by atoms with Gasteiger partial charge in [-0.05, 0) is 37.0 Å². The van der Waals surface area contributed by atoms with Crippen molar-refractivity contribution in [3.8, 4) is 11.5 Å². The molecule has 9 heteroatoms. The van der Waals surface area contributed by atoms with E-state index in [1.54, 1.807) is 39.2 Å². The molecule has 8 nitrogen and oxygen atoms in total. The van der Waals surface area contributed by atoms with Crippen LogP contribution in [-0.4, -0.2) is 61.3 Å². The largest absolute Gasteiger partial charge is 0.497 e. The molecule has 2 aromatic rings. The van der Waals surface area contributed by atoms with Crippen LogP contribution >= 0.6 is 11.8 Å². The normalized spacial score (nSPS) is 16.6. The third-order valence-electron chi connectivity index (χ3n) is 6.27. The van der Waals surface area contributed by atoms with Gasteiger partial charge in [0.25, 0.3) is 0 Å². The second-order valence-electron chi connectivity index (χ2n) is 8.47. The highest BCUT2D eigenvalue weighted by Gasteiger charge is 2.42. The van der Waals surface area contributed by atoms with Gasteiger partial charge in [-0.15, -0.1) is 0 Å². The average molecular weight is 522 g/mol. The maximum atomic E-state index is 13.6. The number of carbonyl (C=O) groups excluding carboxylic acids is 2. The van der Waals surface area contributed by atoms with Crippen molar-refractivity contribution in [1.82, 2.24) is 9.80 Å². The fourth-order valence-electron chi connectivity index (χ4n) is 4.26. The number of ether oxygens (including phenoxy) is 3. The second kappa shape index (κ2) is 11.6. The summed E-state index contributed by atoms with van der Waals surface area (Å²) < 4.78 is 16.7. The van der Waals surface area contributed by atoms with Crippen LogP contribution in [0.25, 0.3) is 5.70 Å². The van der Waals surface area contributed by atoms with Crippen molar-refractivity contribution >= 4 is 34.5 Å². The Kier molecular flexibility index (Phi) is 8.23. The minimum Gasteiger partial charge on any atom is -0.497 e. The number of methoxy groups -OCH3 is 2. The lowest BCUT2D eigenvalue weighted by molar-refractivity contribution is -0.139. The monoisotopic (exact) mass is 521 g/mol. The summed E-state index contributed by atoms with van der Waals surface area (Å²) in [6.07, 6.45) is 0.171. The predicted molar refractivity (Wildman–Crippen MR) is 145 cm³/mol. The molecule has 2 heterocycles. The van der Waals surface area contributed by atoms with Crippen LogP contribution in [0.5, 0.6) is 11.5 Å². The van der Waals surface area contributed by atoms with Crippen LogP contribution in [-0.2, 0) is 14.3 Å². The molecular formula is C28H31N3O5S. The molecule has 0 aromatic heterocycles. The Morgan fingerprint density at radius 3 is 2.32 bits per heavy atom. The van der Waals surface area contributed by atoms with Gasteiger partial charge in [0, 0.05) is 30.9 Å². The molecule has 0 saturated carbocycles. The Hall–Kier alpha value is -3.72. The molecule has 0 saturated heterocycles. The first-order valence-electron chi connectivity index (χ1n) is 12.1. The van der Waals surface area contributed by atoms with E-state index >= 15 is 0 Å². The van der Waals surface area contributed by atoms with E-state index in [9.17, 15) is 9.59 Å². The summed E-state index contributed by atoms with van der Waals surface area (Å²) in [5, 5.41) is 2.61. The zero-order chi connectivity index (χ0) is 26.5. The zero-order valence-electron chi connectivity index (χ0n) is 21.7. The molecule has 2 aliphatic heterocycles. The topological polar surface area (TPSA) is 80.7 Å². The quantitative estimate of drug-likeness (QED) is 0.437. The number of esters is 1. The fraction of sp³-hybridized carbons (Fsp3) is 0.321. The molecular weight excluding hydrogens is 490 g/mol. The van der Waals surface area contributed by atoms with Gasteiger partial charge in [0.1, 0.15) is 11.5 Å². The highest BCUT2D eigenvalue weighted by atomic mass is 32.2. The molecule has 1 atom stereocenters. The Morgan fingerprint density at radius 2 is 1.73 bits per heavy atom. The summed E-state index contributed by atoms with van der Waals surface area (Å²) in [6.45, 7) is 4.52. The molecule has 0 spiro atoms. The number of nitrogens with zero attached hydrogens (tertiary/aromatic N) is 3. The van der Waals surface area contributed by atoms with Crippen molar-refractivity contribution in [3.05, 3.63) is 76.3 Å². The number of aliphatic imine (C=N–C) groups is 1. The van der Waals surface area contributed by atoms with Crippen molar-refractivity contribution in [1.29, 1.82) is 0 Å². The minimum atomic E-state index is -0.619. The molecule has 4 rings (SSSR count). The first-order chi connectivity index (χ1) is 17.9. The Bertz CT molecular complexity index is 1250.